The van der Waals surface area contributed by atoms with Gasteiger partial charge < -0.3 is 9.84 Å². The number of carbonyl (C=O) groups is 1. The van der Waals surface area contributed by atoms with Gasteiger partial charge in [0.05, 0.1) is 12.0 Å². The van der Waals surface area contributed by atoms with E-state index >= 15 is 0 Å². The van der Waals surface area contributed by atoms with Crippen molar-refractivity contribution in [3.8, 4) is 11.8 Å². The zero-order chi connectivity index (χ0) is 12.3. The van der Waals surface area contributed by atoms with Crippen molar-refractivity contribution in [2.75, 3.05) is 7.11 Å². The number of aromatic hydroxyl groups is 1. The van der Waals surface area contributed by atoms with Crippen LogP contribution < -0.4 is 0 Å². The Balaban J connectivity index is 3.58. The van der Waals surface area contributed by atoms with Crippen LogP contribution in [0.5, 0.6) is 5.75 Å². The van der Waals surface area contributed by atoms with Crippen LogP contribution in [0.3, 0.4) is 0 Å². The van der Waals surface area contributed by atoms with Gasteiger partial charge in [0, 0.05) is 12.1 Å². The minimum atomic E-state index is -0.987. The molecule has 0 heterocycles. The molecule has 0 radical (unpaired) electrons. The molecule has 82 valence electrons. The van der Waals surface area contributed by atoms with E-state index in [1.54, 1.807) is 0 Å². The maximum Gasteiger partial charge on any atom is 0.345 e. The lowest BCUT2D eigenvalue weighted by atomic mass is 10.1. The minimum Gasteiger partial charge on any atom is -0.508 e. The molecule has 0 aliphatic carbocycles. The van der Waals surface area contributed by atoms with Gasteiger partial charge in [-0.15, -0.1) is 0 Å². The highest BCUT2D eigenvalue weighted by atomic mass is 16.6. The number of carbonyl (C=O) groups excluding carboxylic acids is 1. The van der Waals surface area contributed by atoms with Crippen molar-refractivity contribution in [3.63, 3.8) is 0 Å². The maximum absolute atomic E-state index is 11.2. The first-order valence-electron chi connectivity index (χ1n) is 4.01. The molecule has 7 heteroatoms. The molecule has 0 aromatic heterocycles. The van der Waals surface area contributed by atoms with Gasteiger partial charge in [0.2, 0.25) is 0 Å². The van der Waals surface area contributed by atoms with Crippen LogP contribution in [-0.2, 0) is 4.74 Å². The van der Waals surface area contributed by atoms with Gasteiger partial charge in [-0.25, -0.2) is 4.79 Å². The third kappa shape index (κ3) is 1.90. The van der Waals surface area contributed by atoms with E-state index in [-0.39, 0.29) is 0 Å². The zero-order valence-corrected chi connectivity index (χ0v) is 8.13. The number of nitro groups is 1. The summed E-state index contributed by atoms with van der Waals surface area (Å²) in [5.41, 5.74) is -1.53. The first kappa shape index (κ1) is 11.5. The van der Waals surface area contributed by atoms with Crippen molar-refractivity contribution >= 4 is 11.7 Å². The van der Waals surface area contributed by atoms with E-state index in [1.165, 1.54) is 6.07 Å². The van der Waals surface area contributed by atoms with Crippen LogP contribution in [0.2, 0.25) is 0 Å². The third-order valence-electron chi connectivity index (χ3n) is 1.80. The fourth-order valence-corrected chi connectivity index (χ4v) is 1.17. The number of nitrogens with zero attached hydrogens (tertiary/aromatic N) is 2. The van der Waals surface area contributed by atoms with Crippen molar-refractivity contribution in [1.29, 1.82) is 5.26 Å². The molecule has 0 amide bonds. The van der Waals surface area contributed by atoms with Gasteiger partial charge in [0.1, 0.15) is 22.9 Å². The highest BCUT2D eigenvalue weighted by Gasteiger charge is 2.26. The number of esters is 1. The average Bonchev–Trinajstić information content (AvgIpc) is 2.26. The number of hydrogen-bond acceptors (Lipinski definition) is 6. The highest BCUT2D eigenvalue weighted by Crippen LogP contribution is 2.28. The van der Waals surface area contributed by atoms with Gasteiger partial charge in [-0.2, -0.15) is 5.26 Å². The molecule has 0 saturated heterocycles. The lowest BCUT2D eigenvalue weighted by molar-refractivity contribution is -0.385. The molecule has 1 N–H and O–H groups in total. The summed E-state index contributed by atoms with van der Waals surface area (Å²) in [6, 6.07) is 3.31. The Bertz CT molecular complexity index is 503. The van der Waals surface area contributed by atoms with Gasteiger partial charge in [0.15, 0.2) is 0 Å². The standard InChI is InChI=1S/C9H6N2O5/c1-16-9(13)7-3-6(12)2-5(4-10)8(7)11(14)15/h2-3,12H,1H3. The molecule has 7 nitrogen and oxygen atoms in total. The largest absolute Gasteiger partial charge is 0.508 e. The van der Waals surface area contributed by atoms with Gasteiger partial charge in [-0.1, -0.05) is 0 Å². The molecular weight excluding hydrogens is 216 g/mol. The lowest BCUT2D eigenvalue weighted by Crippen LogP contribution is -2.07. The average molecular weight is 222 g/mol. The first-order chi connectivity index (χ1) is 7.51. The van der Waals surface area contributed by atoms with E-state index < -0.39 is 33.5 Å². The quantitative estimate of drug-likeness (QED) is 0.452. The van der Waals surface area contributed by atoms with Crippen LogP contribution in [0, 0.1) is 21.4 Å². The Morgan fingerprint density at radius 3 is 2.69 bits per heavy atom. The number of nitro benzene ring substituents is 1. The predicted molar refractivity (Wildman–Crippen MR) is 50.8 cm³/mol. The number of methoxy groups -OCH3 is 1. The van der Waals surface area contributed by atoms with E-state index in [0.717, 1.165) is 19.2 Å². The molecule has 0 saturated carbocycles. The lowest BCUT2D eigenvalue weighted by Gasteiger charge is -2.03. The molecule has 0 bridgehead atoms. The molecular formula is C9H6N2O5. The first-order valence-corrected chi connectivity index (χ1v) is 4.01. The summed E-state index contributed by atoms with van der Waals surface area (Å²) < 4.78 is 4.32. The van der Waals surface area contributed by atoms with Crippen molar-refractivity contribution in [2.45, 2.75) is 0 Å². The summed E-state index contributed by atoms with van der Waals surface area (Å²) in [5.74, 6) is -1.40. The van der Waals surface area contributed by atoms with Crippen molar-refractivity contribution in [3.05, 3.63) is 33.4 Å². The molecule has 1 aromatic rings. The smallest absolute Gasteiger partial charge is 0.345 e. The van der Waals surface area contributed by atoms with Crippen LogP contribution in [-0.4, -0.2) is 23.1 Å². The summed E-state index contributed by atoms with van der Waals surface area (Å²) in [6.07, 6.45) is 0. The number of hydrogen-bond donors (Lipinski definition) is 1. The molecule has 1 aromatic carbocycles. The molecule has 1 rings (SSSR count). The fourth-order valence-electron chi connectivity index (χ4n) is 1.17. The molecule has 16 heavy (non-hydrogen) atoms. The maximum atomic E-state index is 11.2. The number of rotatable bonds is 2. The summed E-state index contributed by atoms with van der Waals surface area (Å²) in [4.78, 5) is 21.0. The number of ether oxygens (including phenoxy) is 1. The topological polar surface area (TPSA) is 113 Å². The number of benzene rings is 1. The second-order valence-electron chi connectivity index (χ2n) is 2.75. The van der Waals surface area contributed by atoms with Crippen LogP contribution >= 0.6 is 0 Å². The van der Waals surface area contributed by atoms with Gasteiger partial charge in [-0.3, -0.25) is 10.1 Å². The normalized spacial score (nSPS) is 9.25. The number of phenolic OH excluding ortho intramolecular Hbond substituents is 1. The van der Waals surface area contributed by atoms with Crippen LogP contribution in [0.25, 0.3) is 0 Å². The van der Waals surface area contributed by atoms with Crippen molar-refractivity contribution in [2.24, 2.45) is 0 Å². The van der Waals surface area contributed by atoms with Crippen molar-refractivity contribution in [1.82, 2.24) is 0 Å². The van der Waals surface area contributed by atoms with Crippen LogP contribution in [0.4, 0.5) is 5.69 Å². The minimum absolute atomic E-state index is 0.398. The number of phenols is 1. The molecule has 0 spiro atoms. The Kier molecular flexibility index (Phi) is 3.06. The van der Waals surface area contributed by atoms with Gasteiger partial charge >= 0.3 is 11.7 Å². The fraction of sp³-hybridized carbons (Fsp3) is 0.111. The van der Waals surface area contributed by atoms with E-state index in [1.807, 2.05) is 0 Å². The second-order valence-corrected chi connectivity index (χ2v) is 2.75. The summed E-state index contributed by atoms with van der Waals surface area (Å²) in [7, 11) is 1.04. The summed E-state index contributed by atoms with van der Waals surface area (Å²) >= 11 is 0. The van der Waals surface area contributed by atoms with E-state index in [0.29, 0.717) is 0 Å². The van der Waals surface area contributed by atoms with Crippen molar-refractivity contribution < 1.29 is 19.6 Å². The molecule has 0 aliphatic heterocycles. The molecule has 0 atom stereocenters. The SMILES string of the molecule is COC(=O)c1cc(O)cc(C#N)c1[N+](=O)[O-]. The van der Waals surface area contributed by atoms with Gasteiger partial charge in [-0.05, 0) is 0 Å². The predicted octanol–water partition coefficient (Wildman–Crippen LogP) is 0.959. The molecule has 0 unspecified atom stereocenters. The molecule has 0 aliphatic rings. The molecule has 0 fully saturated rings. The Labute approximate surface area is 89.6 Å². The van der Waals surface area contributed by atoms with Gasteiger partial charge in [0.25, 0.3) is 0 Å². The second kappa shape index (κ2) is 4.27. The monoisotopic (exact) mass is 222 g/mol. The van der Waals surface area contributed by atoms with E-state index in [2.05, 4.69) is 4.74 Å². The van der Waals surface area contributed by atoms with E-state index in [4.69, 9.17) is 5.26 Å². The zero-order valence-electron chi connectivity index (χ0n) is 8.13. The van der Waals surface area contributed by atoms with Crippen LogP contribution in [0.1, 0.15) is 15.9 Å². The summed E-state index contributed by atoms with van der Waals surface area (Å²) in [5, 5.41) is 28.5. The van der Waals surface area contributed by atoms with Crippen LogP contribution in [0.15, 0.2) is 12.1 Å². The van der Waals surface area contributed by atoms with E-state index in [9.17, 15) is 20.0 Å². The Morgan fingerprint density at radius 1 is 1.62 bits per heavy atom. The highest BCUT2D eigenvalue weighted by molar-refractivity contribution is 5.95. The Morgan fingerprint density at radius 2 is 2.25 bits per heavy atom. The third-order valence-corrected chi connectivity index (χ3v) is 1.80. The summed E-state index contributed by atoms with van der Waals surface area (Å²) in [6.45, 7) is 0. The Hall–Kier alpha value is -2.62. The number of nitriles is 1.